The Balaban J connectivity index is 3.69. The molecule has 0 heterocycles. The van der Waals surface area contributed by atoms with Crippen molar-refractivity contribution in [1.82, 2.24) is 5.32 Å². The van der Waals surface area contributed by atoms with E-state index in [0.29, 0.717) is 5.41 Å². The van der Waals surface area contributed by atoms with Crippen molar-refractivity contribution in [2.75, 3.05) is 19.6 Å². The molecule has 0 aromatic heterocycles. The van der Waals surface area contributed by atoms with Crippen LogP contribution in [0.2, 0.25) is 0 Å². The van der Waals surface area contributed by atoms with Gasteiger partial charge in [0.05, 0.1) is 0 Å². The molecule has 0 rings (SSSR count). The monoisotopic (exact) mass is 242 g/mol. The van der Waals surface area contributed by atoms with Crippen molar-refractivity contribution in [1.29, 1.82) is 0 Å². The Morgan fingerprint density at radius 3 is 2.29 bits per heavy atom. The van der Waals surface area contributed by atoms with Crippen LogP contribution in [0.3, 0.4) is 0 Å². The Labute approximate surface area is 109 Å². The molecule has 0 bridgehead atoms. The lowest BCUT2D eigenvalue weighted by molar-refractivity contribution is 0.210. The van der Waals surface area contributed by atoms with Gasteiger partial charge in [0.15, 0.2) is 0 Å². The van der Waals surface area contributed by atoms with Crippen LogP contribution in [-0.4, -0.2) is 19.6 Å². The topological polar surface area (TPSA) is 38.0 Å². The molecule has 0 aromatic carbocycles. The van der Waals surface area contributed by atoms with E-state index < -0.39 is 0 Å². The standard InChI is InChI=1S/C15H34N2/c1-6-13(2)12-17-11-7-8-14(9-10-16)15(3,4)5/h13-14,17H,6-12,16H2,1-5H3. The van der Waals surface area contributed by atoms with Crippen LogP contribution < -0.4 is 11.1 Å². The van der Waals surface area contributed by atoms with Crippen LogP contribution in [0.15, 0.2) is 0 Å². The summed E-state index contributed by atoms with van der Waals surface area (Å²) in [4.78, 5) is 0. The highest BCUT2D eigenvalue weighted by Gasteiger charge is 2.22. The maximum Gasteiger partial charge on any atom is -0.00233 e. The third kappa shape index (κ3) is 8.62. The lowest BCUT2D eigenvalue weighted by Crippen LogP contribution is -2.26. The zero-order chi connectivity index (χ0) is 13.3. The average molecular weight is 242 g/mol. The summed E-state index contributed by atoms with van der Waals surface area (Å²) in [6.45, 7) is 14.7. The Morgan fingerprint density at radius 1 is 1.18 bits per heavy atom. The Bertz CT molecular complexity index is 172. The maximum atomic E-state index is 5.70. The molecule has 2 atom stereocenters. The first-order valence-electron chi connectivity index (χ1n) is 7.32. The van der Waals surface area contributed by atoms with E-state index >= 15 is 0 Å². The zero-order valence-corrected chi connectivity index (χ0v) is 12.7. The van der Waals surface area contributed by atoms with Crippen molar-refractivity contribution < 1.29 is 0 Å². The minimum absolute atomic E-state index is 0.399. The van der Waals surface area contributed by atoms with Gasteiger partial charge in [-0.15, -0.1) is 0 Å². The number of hydrogen-bond acceptors (Lipinski definition) is 2. The van der Waals surface area contributed by atoms with Crippen LogP contribution in [0.25, 0.3) is 0 Å². The van der Waals surface area contributed by atoms with E-state index in [1.54, 1.807) is 0 Å². The first-order chi connectivity index (χ1) is 7.91. The quantitative estimate of drug-likeness (QED) is 0.608. The molecule has 0 aliphatic heterocycles. The van der Waals surface area contributed by atoms with Crippen LogP contribution in [0, 0.1) is 17.3 Å². The van der Waals surface area contributed by atoms with Crippen molar-refractivity contribution in [2.24, 2.45) is 23.0 Å². The molecule has 0 aromatic rings. The van der Waals surface area contributed by atoms with E-state index in [2.05, 4.69) is 39.9 Å². The molecule has 104 valence electrons. The van der Waals surface area contributed by atoms with E-state index in [1.807, 2.05) is 0 Å². The van der Waals surface area contributed by atoms with Crippen LogP contribution in [0.4, 0.5) is 0 Å². The van der Waals surface area contributed by atoms with Crippen LogP contribution in [0.5, 0.6) is 0 Å². The molecule has 0 aliphatic carbocycles. The van der Waals surface area contributed by atoms with E-state index in [-0.39, 0.29) is 0 Å². The average Bonchev–Trinajstić information content (AvgIpc) is 2.25. The van der Waals surface area contributed by atoms with Gasteiger partial charge in [-0.25, -0.2) is 0 Å². The third-order valence-corrected chi connectivity index (χ3v) is 3.84. The van der Waals surface area contributed by atoms with Gasteiger partial charge in [0.25, 0.3) is 0 Å². The summed E-state index contributed by atoms with van der Waals surface area (Å²) in [6.07, 6.45) is 5.01. The van der Waals surface area contributed by atoms with Gasteiger partial charge in [0, 0.05) is 0 Å². The third-order valence-electron chi connectivity index (χ3n) is 3.84. The molecule has 0 saturated carbocycles. The van der Waals surface area contributed by atoms with Gasteiger partial charge in [-0.2, -0.15) is 0 Å². The summed E-state index contributed by atoms with van der Waals surface area (Å²) in [5.41, 5.74) is 6.10. The fourth-order valence-electron chi connectivity index (χ4n) is 2.18. The van der Waals surface area contributed by atoms with E-state index in [4.69, 9.17) is 5.73 Å². The van der Waals surface area contributed by atoms with Crippen LogP contribution in [-0.2, 0) is 0 Å². The molecule has 3 N–H and O–H groups in total. The Hall–Kier alpha value is -0.0800. The maximum absolute atomic E-state index is 5.70. The Kier molecular flexibility index (Phi) is 8.89. The fourth-order valence-corrected chi connectivity index (χ4v) is 2.18. The number of rotatable bonds is 9. The zero-order valence-electron chi connectivity index (χ0n) is 12.7. The molecule has 2 nitrogen and oxygen atoms in total. The second kappa shape index (κ2) is 8.93. The van der Waals surface area contributed by atoms with Gasteiger partial charge in [0.1, 0.15) is 0 Å². The largest absolute Gasteiger partial charge is 0.330 e. The highest BCUT2D eigenvalue weighted by Crippen LogP contribution is 2.31. The summed E-state index contributed by atoms with van der Waals surface area (Å²) in [5, 5.41) is 3.55. The first kappa shape index (κ1) is 16.9. The van der Waals surface area contributed by atoms with Gasteiger partial charge in [0.2, 0.25) is 0 Å². The number of nitrogens with one attached hydrogen (secondary N) is 1. The molecule has 0 amide bonds. The highest BCUT2D eigenvalue weighted by molar-refractivity contribution is 4.74. The van der Waals surface area contributed by atoms with E-state index in [0.717, 1.165) is 37.9 Å². The van der Waals surface area contributed by atoms with Crippen molar-refractivity contribution in [3.63, 3.8) is 0 Å². The predicted molar refractivity (Wildman–Crippen MR) is 78.2 cm³/mol. The highest BCUT2D eigenvalue weighted by atomic mass is 14.8. The molecule has 17 heavy (non-hydrogen) atoms. The predicted octanol–water partition coefficient (Wildman–Crippen LogP) is 3.41. The van der Waals surface area contributed by atoms with E-state index in [9.17, 15) is 0 Å². The smallest absolute Gasteiger partial charge is 0.00233 e. The first-order valence-corrected chi connectivity index (χ1v) is 7.32. The van der Waals surface area contributed by atoms with Gasteiger partial charge in [-0.1, -0.05) is 41.0 Å². The van der Waals surface area contributed by atoms with Crippen molar-refractivity contribution in [3.8, 4) is 0 Å². The molecule has 2 heteroatoms. The Morgan fingerprint density at radius 2 is 1.82 bits per heavy atom. The lowest BCUT2D eigenvalue weighted by atomic mass is 9.76. The molecule has 0 spiro atoms. The van der Waals surface area contributed by atoms with Gasteiger partial charge in [-0.3, -0.25) is 0 Å². The SMILES string of the molecule is CCC(C)CNCCCC(CCN)C(C)(C)C. The van der Waals surface area contributed by atoms with Crippen molar-refractivity contribution >= 4 is 0 Å². The summed E-state index contributed by atoms with van der Waals surface area (Å²) in [5.74, 6) is 1.57. The molecular formula is C15H34N2. The fraction of sp³-hybridized carbons (Fsp3) is 1.00. The summed E-state index contributed by atoms with van der Waals surface area (Å²) in [7, 11) is 0. The molecular weight excluding hydrogens is 208 g/mol. The molecule has 0 fully saturated rings. The van der Waals surface area contributed by atoms with Gasteiger partial charge >= 0.3 is 0 Å². The van der Waals surface area contributed by atoms with Crippen LogP contribution >= 0.6 is 0 Å². The molecule has 0 saturated heterocycles. The minimum Gasteiger partial charge on any atom is -0.330 e. The second-order valence-electron chi connectivity index (χ2n) is 6.50. The van der Waals surface area contributed by atoms with Crippen LogP contribution in [0.1, 0.15) is 60.3 Å². The van der Waals surface area contributed by atoms with Gasteiger partial charge in [-0.05, 0) is 56.1 Å². The minimum atomic E-state index is 0.399. The van der Waals surface area contributed by atoms with Crippen molar-refractivity contribution in [3.05, 3.63) is 0 Å². The van der Waals surface area contributed by atoms with E-state index in [1.165, 1.54) is 19.3 Å². The number of hydrogen-bond donors (Lipinski definition) is 2. The summed E-state index contributed by atoms with van der Waals surface area (Å²) >= 11 is 0. The lowest BCUT2D eigenvalue weighted by Gasteiger charge is -2.30. The molecule has 2 unspecified atom stereocenters. The molecule has 0 aliphatic rings. The summed E-state index contributed by atoms with van der Waals surface area (Å²) in [6, 6.07) is 0. The second-order valence-corrected chi connectivity index (χ2v) is 6.50. The number of nitrogens with two attached hydrogens (primary N) is 1. The van der Waals surface area contributed by atoms with Crippen molar-refractivity contribution in [2.45, 2.75) is 60.3 Å². The van der Waals surface area contributed by atoms with Gasteiger partial charge < -0.3 is 11.1 Å². The molecule has 0 radical (unpaired) electrons. The normalized spacial score (nSPS) is 15.9. The summed E-state index contributed by atoms with van der Waals surface area (Å²) < 4.78 is 0.